The maximum absolute atomic E-state index is 13.6. The van der Waals surface area contributed by atoms with Crippen LogP contribution < -0.4 is 26.8 Å². The predicted molar refractivity (Wildman–Crippen MR) is 178 cm³/mol. The van der Waals surface area contributed by atoms with Gasteiger partial charge >= 0.3 is 0 Å². The molecule has 4 N–H and O–H groups in total. The minimum atomic E-state index is -0.469. The lowest BCUT2D eigenvalue weighted by molar-refractivity contribution is -0.110. The lowest BCUT2D eigenvalue weighted by atomic mass is 9.91. The van der Waals surface area contributed by atoms with Crippen molar-refractivity contribution in [3.63, 3.8) is 0 Å². The van der Waals surface area contributed by atoms with Crippen molar-refractivity contribution in [2.24, 2.45) is 16.1 Å². The van der Waals surface area contributed by atoms with E-state index in [-0.39, 0.29) is 16.7 Å². The van der Waals surface area contributed by atoms with Crippen molar-refractivity contribution in [1.82, 2.24) is 19.6 Å². The molecule has 44 heavy (non-hydrogen) atoms. The number of aliphatic imine (C=N–C) groups is 1. The number of benzene rings is 1. The molecule has 0 unspecified atom stereocenters. The monoisotopic (exact) mass is 618 g/mol. The van der Waals surface area contributed by atoms with Gasteiger partial charge in [0.05, 0.1) is 5.56 Å². The van der Waals surface area contributed by atoms with E-state index in [2.05, 4.69) is 25.6 Å². The van der Waals surface area contributed by atoms with E-state index in [1.807, 2.05) is 58.0 Å². The largest absolute Gasteiger partial charge is 0.412 e. The molecule has 1 aliphatic rings. The van der Waals surface area contributed by atoms with E-state index in [9.17, 15) is 9.59 Å². The lowest BCUT2D eigenvalue weighted by Crippen LogP contribution is -2.28. The molecule has 0 saturated heterocycles. The van der Waals surface area contributed by atoms with Crippen LogP contribution in [0.1, 0.15) is 33.6 Å². The van der Waals surface area contributed by atoms with Gasteiger partial charge in [0, 0.05) is 57.8 Å². The van der Waals surface area contributed by atoms with Gasteiger partial charge in [-0.2, -0.15) is 4.98 Å². The third-order valence-corrected chi connectivity index (χ3v) is 7.22. The number of likely N-dealkylation sites (N-methyl/N-ethyl adjacent to an activating group) is 1. The Kier molecular flexibility index (Phi) is 10.2. The number of fused-ring (bicyclic) bond motifs is 1. The number of pyridine rings is 1. The fraction of sp³-hybridized carbons (Fsp3) is 0.344. The summed E-state index contributed by atoms with van der Waals surface area (Å²) < 4.78 is 1.10. The van der Waals surface area contributed by atoms with Gasteiger partial charge < -0.3 is 26.1 Å². The number of rotatable bonds is 10. The van der Waals surface area contributed by atoms with Crippen LogP contribution in [-0.4, -0.2) is 65.5 Å². The number of carbonyl (C=O) groups is 1. The molecule has 0 radical (unpaired) electrons. The molecule has 0 fully saturated rings. The van der Waals surface area contributed by atoms with Gasteiger partial charge in [-0.05, 0) is 63.4 Å². The topological polar surface area (TPSA) is 140 Å². The molecule has 0 saturated carbocycles. The quantitative estimate of drug-likeness (QED) is 0.279. The Morgan fingerprint density at radius 1 is 1.25 bits per heavy atom. The molecule has 1 amide bonds. The first-order valence-electron chi connectivity index (χ1n) is 14.3. The molecule has 0 spiro atoms. The average Bonchev–Trinajstić information content (AvgIpc) is 2.97. The summed E-state index contributed by atoms with van der Waals surface area (Å²) in [5.41, 5.74) is 8.35. The van der Waals surface area contributed by atoms with Gasteiger partial charge in [0.1, 0.15) is 12.8 Å². The van der Waals surface area contributed by atoms with E-state index in [0.717, 1.165) is 23.4 Å². The summed E-state index contributed by atoms with van der Waals surface area (Å²) >= 11 is 6.59. The molecule has 11 nitrogen and oxygen atoms in total. The van der Waals surface area contributed by atoms with Crippen molar-refractivity contribution >= 4 is 45.9 Å². The first kappa shape index (κ1) is 32.4. The number of anilines is 2. The third-order valence-electron chi connectivity index (χ3n) is 6.89. The summed E-state index contributed by atoms with van der Waals surface area (Å²) in [7, 11) is 5.33. The van der Waals surface area contributed by atoms with Crippen molar-refractivity contribution in [1.29, 1.82) is 0 Å². The fourth-order valence-electron chi connectivity index (χ4n) is 4.26. The summed E-state index contributed by atoms with van der Waals surface area (Å²) in [4.78, 5) is 48.1. The smallest absolute Gasteiger partial charge is 0.293 e. The van der Waals surface area contributed by atoms with Crippen molar-refractivity contribution < 1.29 is 9.63 Å². The lowest BCUT2D eigenvalue weighted by Gasteiger charge is -2.19. The van der Waals surface area contributed by atoms with Crippen LogP contribution in [0.15, 0.2) is 75.9 Å². The van der Waals surface area contributed by atoms with Crippen LogP contribution in [0, 0.1) is 5.41 Å². The summed E-state index contributed by atoms with van der Waals surface area (Å²) in [6, 6.07) is 6.57. The van der Waals surface area contributed by atoms with Crippen LogP contribution in [0.5, 0.6) is 0 Å². The van der Waals surface area contributed by atoms with E-state index >= 15 is 0 Å². The Labute approximate surface area is 262 Å². The Morgan fingerprint density at radius 2 is 2.02 bits per heavy atom. The van der Waals surface area contributed by atoms with E-state index in [0.29, 0.717) is 51.9 Å². The molecule has 4 rings (SSSR count). The highest BCUT2D eigenvalue weighted by atomic mass is 35.5. The zero-order valence-electron chi connectivity index (χ0n) is 25.9. The van der Waals surface area contributed by atoms with E-state index in [1.165, 1.54) is 7.11 Å². The molecule has 3 aromatic rings. The molecule has 0 aliphatic heterocycles. The van der Waals surface area contributed by atoms with Crippen LogP contribution in [0.25, 0.3) is 22.2 Å². The molecule has 232 valence electrons. The normalized spacial score (nSPS) is 14.1. The highest BCUT2D eigenvalue weighted by Crippen LogP contribution is 2.30. The predicted octanol–water partition coefficient (Wildman–Crippen LogP) is 4.65. The SMILES string of the molecule is COn1c(=O)c(-c2cc(NC(=O)C(C=C(N)C(C)(C)C)=NC3=CC=CCC3)ccc2Cl)cc2cnc(NCCN(C)C)nc21. The van der Waals surface area contributed by atoms with Gasteiger partial charge in [-0.1, -0.05) is 44.5 Å². The number of hydrogen-bond donors (Lipinski definition) is 3. The van der Waals surface area contributed by atoms with Crippen LogP contribution >= 0.6 is 11.6 Å². The second kappa shape index (κ2) is 13.9. The number of halogens is 1. The van der Waals surface area contributed by atoms with Crippen molar-refractivity contribution in [2.75, 3.05) is 44.9 Å². The van der Waals surface area contributed by atoms with E-state index < -0.39 is 11.5 Å². The first-order valence-corrected chi connectivity index (χ1v) is 14.6. The summed E-state index contributed by atoms with van der Waals surface area (Å²) in [6.07, 6.45) is 10.6. The van der Waals surface area contributed by atoms with Crippen LogP contribution in [0.2, 0.25) is 5.02 Å². The molecule has 2 heterocycles. The van der Waals surface area contributed by atoms with E-state index in [4.69, 9.17) is 22.2 Å². The highest BCUT2D eigenvalue weighted by Gasteiger charge is 2.20. The minimum Gasteiger partial charge on any atom is -0.412 e. The second-order valence-corrected chi connectivity index (χ2v) is 12.1. The molecule has 1 aliphatic carbocycles. The Bertz CT molecular complexity index is 1730. The number of amides is 1. The molecule has 2 aromatic heterocycles. The molecule has 0 atom stereocenters. The van der Waals surface area contributed by atoms with Gasteiger partial charge in [-0.15, -0.1) is 4.73 Å². The number of allylic oxidation sites excluding steroid dienone is 5. The maximum atomic E-state index is 13.6. The maximum Gasteiger partial charge on any atom is 0.293 e. The summed E-state index contributed by atoms with van der Waals surface area (Å²) in [6.45, 7) is 7.30. The van der Waals surface area contributed by atoms with Gasteiger partial charge in [0.15, 0.2) is 5.65 Å². The number of hydrogen-bond acceptors (Lipinski definition) is 9. The molecule has 12 heteroatoms. The number of carbonyl (C=O) groups excluding carboxylic acids is 1. The van der Waals surface area contributed by atoms with Crippen molar-refractivity contribution in [3.05, 3.63) is 81.5 Å². The Morgan fingerprint density at radius 3 is 2.68 bits per heavy atom. The molecule has 1 aromatic carbocycles. The van der Waals surface area contributed by atoms with E-state index in [1.54, 1.807) is 36.5 Å². The highest BCUT2D eigenvalue weighted by molar-refractivity contribution is 6.47. The standard InChI is InChI=1S/C32H39ClN8O3/c1-32(2,3)27(34)18-26(37-21-10-8-7-9-11-21)29(42)38-22-12-13-25(33)23(17-22)24-16-20-19-36-31(35-14-15-40(4)5)39-28(20)41(44-6)30(24)43/h7-8,10,12-13,16-19H,9,11,14-15,34H2,1-6H3,(H,38,42)(H,35,36,39). The molecular weight excluding hydrogens is 580 g/mol. The van der Waals surface area contributed by atoms with Crippen molar-refractivity contribution in [2.45, 2.75) is 33.6 Å². The zero-order valence-corrected chi connectivity index (χ0v) is 26.7. The zero-order chi connectivity index (χ0) is 32.0. The second-order valence-electron chi connectivity index (χ2n) is 11.7. The Balaban J connectivity index is 1.70. The number of nitrogens with two attached hydrogens (primary N) is 1. The van der Waals surface area contributed by atoms with Gasteiger partial charge in [0.2, 0.25) is 5.95 Å². The minimum absolute atomic E-state index is 0.176. The fourth-order valence-corrected chi connectivity index (χ4v) is 4.48. The van der Waals surface area contributed by atoms with Gasteiger partial charge in [0.25, 0.3) is 11.5 Å². The number of nitrogens with one attached hydrogen (secondary N) is 2. The molecular formula is C32H39ClN8O3. The Hall–Kier alpha value is -4.48. The molecule has 0 bridgehead atoms. The summed E-state index contributed by atoms with van der Waals surface area (Å²) in [5, 5.41) is 6.93. The van der Waals surface area contributed by atoms with Gasteiger partial charge in [-0.25, -0.2) is 9.98 Å². The van der Waals surface area contributed by atoms with Crippen LogP contribution in [-0.2, 0) is 4.79 Å². The number of aromatic nitrogens is 3. The number of nitrogens with zero attached hydrogens (tertiary/aromatic N) is 5. The summed E-state index contributed by atoms with van der Waals surface area (Å²) in [5.74, 6) is -0.0740. The van der Waals surface area contributed by atoms with Crippen LogP contribution in [0.4, 0.5) is 11.6 Å². The third kappa shape index (κ3) is 7.91. The average molecular weight is 619 g/mol. The van der Waals surface area contributed by atoms with Gasteiger partial charge in [-0.3, -0.25) is 9.59 Å². The first-order chi connectivity index (χ1) is 20.9. The van der Waals surface area contributed by atoms with Crippen LogP contribution in [0.3, 0.4) is 0 Å². The van der Waals surface area contributed by atoms with Crippen molar-refractivity contribution in [3.8, 4) is 11.1 Å².